The van der Waals surface area contributed by atoms with Gasteiger partial charge in [0.15, 0.2) is 0 Å². The van der Waals surface area contributed by atoms with Gasteiger partial charge in [0.05, 0.1) is 16.8 Å². The van der Waals surface area contributed by atoms with Crippen LogP contribution >= 0.6 is 0 Å². The molecule has 4 N–H and O–H groups in total. The number of benzene rings is 2. The van der Waals surface area contributed by atoms with Crippen LogP contribution in [0.5, 0.6) is 0 Å². The van der Waals surface area contributed by atoms with E-state index in [2.05, 4.69) is 0 Å². The molecular formula is C14H10FN3O2. The fraction of sp³-hybridized carbons (Fsp3) is 0. The number of rotatable bonds is 1. The van der Waals surface area contributed by atoms with Crippen molar-refractivity contribution in [2.45, 2.75) is 0 Å². The number of amides is 2. The first-order chi connectivity index (χ1) is 9.50. The predicted molar refractivity (Wildman–Crippen MR) is 72.8 cm³/mol. The number of nitrogen functional groups attached to an aromatic ring is 2. The minimum atomic E-state index is -0.702. The van der Waals surface area contributed by atoms with E-state index in [1.165, 1.54) is 24.3 Å². The third kappa shape index (κ3) is 1.55. The second kappa shape index (κ2) is 4.06. The van der Waals surface area contributed by atoms with Gasteiger partial charge in [0.2, 0.25) is 0 Å². The number of halogens is 1. The van der Waals surface area contributed by atoms with Crippen LogP contribution in [0.2, 0.25) is 0 Å². The second-order valence-corrected chi connectivity index (χ2v) is 4.43. The van der Waals surface area contributed by atoms with Gasteiger partial charge in [-0.1, -0.05) is 6.07 Å². The molecule has 0 unspecified atom stereocenters. The Kier molecular flexibility index (Phi) is 2.47. The van der Waals surface area contributed by atoms with Crippen molar-refractivity contribution in [3.8, 4) is 0 Å². The largest absolute Gasteiger partial charge is 0.399 e. The molecule has 2 aromatic rings. The predicted octanol–water partition coefficient (Wildman–Crippen LogP) is 1.79. The van der Waals surface area contributed by atoms with Gasteiger partial charge in [-0.15, -0.1) is 0 Å². The molecule has 0 saturated carbocycles. The number of imide groups is 1. The Bertz CT molecular complexity index is 758. The highest BCUT2D eigenvalue weighted by Gasteiger charge is 2.39. The Balaban J connectivity index is 2.19. The summed E-state index contributed by atoms with van der Waals surface area (Å²) in [4.78, 5) is 25.3. The number of anilines is 3. The average molecular weight is 271 g/mol. The molecule has 1 aliphatic heterocycles. The Morgan fingerprint density at radius 3 is 2.45 bits per heavy atom. The second-order valence-electron chi connectivity index (χ2n) is 4.43. The summed E-state index contributed by atoms with van der Waals surface area (Å²) in [5.41, 5.74) is 11.8. The van der Waals surface area contributed by atoms with Crippen molar-refractivity contribution >= 4 is 28.9 Å². The standard InChI is InChI=1S/C14H10FN3O2/c15-9-5-4-7(16)6-11(9)18-13(19)8-2-1-3-10(17)12(8)14(18)20/h1-6H,16-17H2. The molecular weight excluding hydrogens is 261 g/mol. The Hall–Kier alpha value is -2.89. The van der Waals surface area contributed by atoms with Gasteiger partial charge in [0.25, 0.3) is 11.8 Å². The first-order valence-electron chi connectivity index (χ1n) is 5.83. The van der Waals surface area contributed by atoms with Crippen LogP contribution in [0.4, 0.5) is 21.5 Å². The summed E-state index contributed by atoms with van der Waals surface area (Å²) in [5.74, 6) is -1.96. The minimum Gasteiger partial charge on any atom is -0.399 e. The Labute approximate surface area is 113 Å². The molecule has 0 atom stereocenters. The van der Waals surface area contributed by atoms with Crippen LogP contribution in [-0.2, 0) is 0 Å². The number of fused-ring (bicyclic) bond motifs is 1. The summed E-state index contributed by atoms with van der Waals surface area (Å²) in [6, 6.07) is 8.27. The lowest BCUT2D eigenvalue weighted by Crippen LogP contribution is -2.30. The highest BCUT2D eigenvalue weighted by molar-refractivity contribution is 6.36. The van der Waals surface area contributed by atoms with Crippen LogP contribution in [0, 0.1) is 5.82 Å². The van der Waals surface area contributed by atoms with Crippen molar-refractivity contribution in [3.05, 3.63) is 53.3 Å². The topological polar surface area (TPSA) is 89.4 Å². The smallest absolute Gasteiger partial charge is 0.268 e. The van der Waals surface area contributed by atoms with E-state index in [4.69, 9.17) is 11.5 Å². The monoisotopic (exact) mass is 271 g/mol. The van der Waals surface area contributed by atoms with Crippen LogP contribution in [0.1, 0.15) is 20.7 Å². The summed E-state index contributed by atoms with van der Waals surface area (Å²) in [7, 11) is 0. The van der Waals surface area contributed by atoms with Crippen LogP contribution in [0.3, 0.4) is 0 Å². The van der Waals surface area contributed by atoms with Gasteiger partial charge < -0.3 is 11.5 Å². The summed E-state index contributed by atoms with van der Waals surface area (Å²) >= 11 is 0. The number of hydrogen-bond donors (Lipinski definition) is 2. The maximum Gasteiger partial charge on any atom is 0.268 e. The van der Waals surface area contributed by atoms with E-state index in [0.29, 0.717) is 0 Å². The van der Waals surface area contributed by atoms with Gasteiger partial charge in [-0.2, -0.15) is 0 Å². The molecule has 1 heterocycles. The van der Waals surface area contributed by atoms with Crippen LogP contribution in [0.15, 0.2) is 36.4 Å². The Morgan fingerprint density at radius 2 is 1.75 bits per heavy atom. The quantitative estimate of drug-likeness (QED) is 0.611. The van der Waals surface area contributed by atoms with Crippen molar-refractivity contribution in [1.29, 1.82) is 0 Å². The van der Waals surface area contributed by atoms with Crippen molar-refractivity contribution in [3.63, 3.8) is 0 Å². The molecule has 6 heteroatoms. The number of carbonyl (C=O) groups is 2. The number of nitrogens with two attached hydrogens (primary N) is 2. The normalized spacial score (nSPS) is 13.8. The number of nitrogens with zero attached hydrogens (tertiary/aromatic N) is 1. The molecule has 2 amide bonds. The van der Waals surface area contributed by atoms with Gasteiger partial charge in [-0.05, 0) is 30.3 Å². The molecule has 5 nitrogen and oxygen atoms in total. The SMILES string of the molecule is Nc1ccc(F)c(N2C(=O)c3cccc(N)c3C2=O)c1. The van der Waals surface area contributed by atoms with E-state index < -0.39 is 17.6 Å². The zero-order chi connectivity index (χ0) is 14.4. The van der Waals surface area contributed by atoms with Crippen LogP contribution in [0.25, 0.3) is 0 Å². The Morgan fingerprint density at radius 1 is 1.00 bits per heavy atom. The van der Waals surface area contributed by atoms with Gasteiger partial charge in [0.1, 0.15) is 5.82 Å². The molecule has 20 heavy (non-hydrogen) atoms. The summed E-state index contributed by atoms with van der Waals surface area (Å²) in [5, 5.41) is 0. The molecule has 0 aliphatic carbocycles. The van der Waals surface area contributed by atoms with Crippen molar-refractivity contribution in [2.24, 2.45) is 0 Å². The summed E-state index contributed by atoms with van der Waals surface area (Å²) in [6.07, 6.45) is 0. The van der Waals surface area contributed by atoms with E-state index in [0.717, 1.165) is 11.0 Å². The highest BCUT2D eigenvalue weighted by atomic mass is 19.1. The fourth-order valence-corrected chi connectivity index (χ4v) is 2.23. The number of carbonyl (C=O) groups excluding carboxylic acids is 2. The molecule has 0 radical (unpaired) electrons. The van der Waals surface area contributed by atoms with Crippen molar-refractivity contribution in [2.75, 3.05) is 16.4 Å². The van der Waals surface area contributed by atoms with Crippen molar-refractivity contribution in [1.82, 2.24) is 0 Å². The average Bonchev–Trinajstić information content (AvgIpc) is 2.66. The summed E-state index contributed by atoms with van der Waals surface area (Å²) < 4.78 is 13.9. The highest BCUT2D eigenvalue weighted by Crippen LogP contribution is 2.33. The maximum atomic E-state index is 13.9. The van der Waals surface area contributed by atoms with E-state index in [-0.39, 0.29) is 28.2 Å². The zero-order valence-electron chi connectivity index (χ0n) is 10.3. The molecule has 0 saturated heterocycles. The first-order valence-corrected chi connectivity index (χ1v) is 5.83. The van der Waals surface area contributed by atoms with Crippen LogP contribution < -0.4 is 16.4 Å². The van der Waals surface area contributed by atoms with Crippen LogP contribution in [-0.4, -0.2) is 11.8 Å². The summed E-state index contributed by atoms with van der Waals surface area (Å²) in [6.45, 7) is 0. The van der Waals surface area contributed by atoms with Crippen molar-refractivity contribution < 1.29 is 14.0 Å². The maximum absolute atomic E-state index is 13.9. The lowest BCUT2D eigenvalue weighted by atomic mass is 10.1. The van der Waals surface area contributed by atoms with E-state index >= 15 is 0 Å². The van der Waals surface area contributed by atoms with Gasteiger partial charge in [-0.25, -0.2) is 9.29 Å². The lowest BCUT2D eigenvalue weighted by molar-refractivity contribution is 0.0925. The third-order valence-electron chi connectivity index (χ3n) is 3.16. The minimum absolute atomic E-state index is 0.0966. The van der Waals surface area contributed by atoms with E-state index in [9.17, 15) is 14.0 Å². The molecule has 0 aromatic heterocycles. The molecule has 0 bridgehead atoms. The lowest BCUT2D eigenvalue weighted by Gasteiger charge is -2.15. The molecule has 1 aliphatic rings. The van der Waals surface area contributed by atoms with Gasteiger partial charge in [0, 0.05) is 11.4 Å². The fourth-order valence-electron chi connectivity index (χ4n) is 2.23. The molecule has 0 fully saturated rings. The van der Waals surface area contributed by atoms with Gasteiger partial charge in [-0.3, -0.25) is 9.59 Å². The first kappa shape index (κ1) is 12.2. The molecule has 0 spiro atoms. The zero-order valence-corrected chi connectivity index (χ0v) is 10.3. The van der Waals surface area contributed by atoms with Gasteiger partial charge >= 0.3 is 0 Å². The third-order valence-corrected chi connectivity index (χ3v) is 3.16. The molecule has 3 rings (SSSR count). The molecule has 100 valence electrons. The van der Waals surface area contributed by atoms with E-state index in [1.807, 2.05) is 0 Å². The number of hydrogen-bond acceptors (Lipinski definition) is 4. The molecule has 2 aromatic carbocycles. The van der Waals surface area contributed by atoms with E-state index in [1.54, 1.807) is 6.07 Å².